The van der Waals surface area contributed by atoms with Gasteiger partial charge in [-0.05, 0) is 6.92 Å². The molecule has 18 heavy (non-hydrogen) atoms. The minimum Gasteiger partial charge on any atom is -0.458 e. The fourth-order valence-electron chi connectivity index (χ4n) is 1.21. The standard InChI is InChI=1S/C12H17ClN2O3/c1-4-17-5-6-18-12(16)10-9(13)7-14-11(15-10)8(2)3/h7-8H,4-6H2,1-3H3. The maximum Gasteiger partial charge on any atom is 0.358 e. The second-order valence-electron chi connectivity index (χ2n) is 3.91. The van der Waals surface area contributed by atoms with E-state index in [0.29, 0.717) is 19.0 Å². The summed E-state index contributed by atoms with van der Waals surface area (Å²) in [5.41, 5.74) is 0.104. The predicted molar refractivity (Wildman–Crippen MR) is 67.9 cm³/mol. The number of esters is 1. The van der Waals surface area contributed by atoms with Gasteiger partial charge < -0.3 is 9.47 Å². The highest BCUT2D eigenvalue weighted by Gasteiger charge is 2.16. The van der Waals surface area contributed by atoms with Crippen molar-refractivity contribution in [3.63, 3.8) is 0 Å². The van der Waals surface area contributed by atoms with Gasteiger partial charge in [-0.15, -0.1) is 0 Å². The third-order valence-corrected chi connectivity index (χ3v) is 2.41. The molecule has 0 saturated carbocycles. The quantitative estimate of drug-likeness (QED) is 0.588. The fraction of sp³-hybridized carbons (Fsp3) is 0.583. The highest BCUT2D eigenvalue weighted by molar-refractivity contribution is 6.33. The van der Waals surface area contributed by atoms with Gasteiger partial charge in [0.15, 0.2) is 5.69 Å². The normalized spacial score (nSPS) is 10.7. The summed E-state index contributed by atoms with van der Waals surface area (Å²) in [6.07, 6.45) is 1.42. The molecule has 0 radical (unpaired) electrons. The number of halogens is 1. The monoisotopic (exact) mass is 272 g/mol. The molecule has 1 rings (SSSR count). The Labute approximate surface area is 111 Å². The van der Waals surface area contributed by atoms with Crippen LogP contribution in [0.4, 0.5) is 0 Å². The Hall–Kier alpha value is -1.20. The Balaban J connectivity index is 2.69. The van der Waals surface area contributed by atoms with E-state index in [-0.39, 0.29) is 23.2 Å². The van der Waals surface area contributed by atoms with Crippen molar-refractivity contribution < 1.29 is 14.3 Å². The molecule has 1 aromatic heterocycles. The number of hydrogen-bond donors (Lipinski definition) is 0. The molecule has 0 bridgehead atoms. The van der Waals surface area contributed by atoms with Crippen molar-refractivity contribution in [1.29, 1.82) is 0 Å². The average Bonchev–Trinajstić information content (AvgIpc) is 2.34. The van der Waals surface area contributed by atoms with Crippen molar-refractivity contribution in [3.05, 3.63) is 22.7 Å². The minimum atomic E-state index is -0.552. The van der Waals surface area contributed by atoms with Gasteiger partial charge in [-0.3, -0.25) is 0 Å². The maximum atomic E-state index is 11.8. The van der Waals surface area contributed by atoms with Gasteiger partial charge in [0, 0.05) is 12.5 Å². The molecule has 0 amide bonds. The molecule has 0 saturated heterocycles. The Kier molecular flexibility index (Phi) is 6.01. The SMILES string of the molecule is CCOCCOC(=O)c1nc(C(C)C)ncc1Cl. The predicted octanol–water partition coefficient (Wildman–Crippen LogP) is 2.45. The van der Waals surface area contributed by atoms with Crippen molar-refractivity contribution in [2.45, 2.75) is 26.7 Å². The topological polar surface area (TPSA) is 61.3 Å². The Morgan fingerprint density at radius 3 is 2.78 bits per heavy atom. The smallest absolute Gasteiger partial charge is 0.358 e. The van der Waals surface area contributed by atoms with Gasteiger partial charge in [-0.2, -0.15) is 0 Å². The van der Waals surface area contributed by atoms with Gasteiger partial charge in [0.1, 0.15) is 12.4 Å². The van der Waals surface area contributed by atoms with Crippen molar-refractivity contribution in [2.24, 2.45) is 0 Å². The summed E-state index contributed by atoms with van der Waals surface area (Å²) in [6.45, 7) is 6.88. The lowest BCUT2D eigenvalue weighted by Gasteiger charge is -2.08. The zero-order valence-electron chi connectivity index (χ0n) is 10.8. The van der Waals surface area contributed by atoms with E-state index in [2.05, 4.69) is 9.97 Å². The molecule has 5 nitrogen and oxygen atoms in total. The van der Waals surface area contributed by atoms with E-state index < -0.39 is 5.97 Å². The number of rotatable bonds is 6. The molecule has 0 aromatic carbocycles. The van der Waals surface area contributed by atoms with Crippen LogP contribution in [-0.2, 0) is 9.47 Å². The van der Waals surface area contributed by atoms with Crippen LogP contribution in [0.1, 0.15) is 43.0 Å². The number of carbonyl (C=O) groups excluding carboxylic acids is 1. The molecule has 6 heteroatoms. The molecule has 1 heterocycles. The lowest BCUT2D eigenvalue weighted by molar-refractivity contribution is 0.0329. The van der Waals surface area contributed by atoms with Gasteiger partial charge in [0.05, 0.1) is 17.8 Å². The molecule has 0 atom stereocenters. The third-order valence-electron chi connectivity index (χ3n) is 2.14. The molecule has 0 aliphatic carbocycles. The van der Waals surface area contributed by atoms with Crippen LogP contribution in [0.15, 0.2) is 6.20 Å². The molecule has 0 aliphatic heterocycles. The second kappa shape index (κ2) is 7.28. The number of ether oxygens (including phenoxy) is 2. The van der Waals surface area contributed by atoms with Crippen LogP contribution in [0.3, 0.4) is 0 Å². The summed E-state index contributed by atoms with van der Waals surface area (Å²) < 4.78 is 10.1. The molecule has 0 aliphatic rings. The maximum absolute atomic E-state index is 11.8. The molecule has 0 spiro atoms. The number of hydrogen-bond acceptors (Lipinski definition) is 5. The van der Waals surface area contributed by atoms with Crippen LogP contribution in [0.25, 0.3) is 0 Å². The van der Waals surface area contributed by atoms with Gasteiger partial charge in [-0.1, -0.05) is 25.4 Å². The molecule has 0 N–H and O–H groups in total. The van der Waals surface area contributed by atoms with Crippen molar-refractivity contribution in [2.75, 3.05) is 19.8 Å². The van der Waals surface area contributed by atoms with Crippen LogP contribution in [0, 0.1) is 0 Å². The Morgan fingerprint density at radius 2 is 2.17 bits per heavy atom. The van der Waals surface area contributed by atoms with Crippen LogP contribution >= 0.6 is 11.6 Å². The van der Waals surface area contributed by atoms with Gasteiger partial charge >= 0.3 is 5.97 Å². The summed E-state index contributed by atoms with van der Waals surface area (Å²) in [4.78, 5) is 19.9. The van der Waals surface area contributed by atoms with E-state index in [1.165, 1.54) is 6.20 Å². The lowest BCUT2D eigenvalue weighted by atomic mass is 10.2. The van der Waals surface area contributed by atoms with Crippen LogP contribution < -0.4 is 0 Å². The summed E-state index contributed by atoms with van der Waals surface area (Å²) in [7, 11) is 0. The van der Waals surface area contributed by atoms with Crippen molar-refractivity contribution in [3.8, 4) is 0 Å². The summed E-state index contributed by atoms with van der Waals surface area (Å²) in [6, 6.07) is 0. The van der Waals surface area contributed by atoms with Crippen LogP contribution in [0.5, 0.6) is 0 Å². The first-order valence-corrected chi connectivity index (χ1v) is 6.21. The second-order valence-corrected chi connectivity index (χ2v) is 4.32. The lowest BCUT2D eigenvalue weighted by Crippen LogP contribution is -2.14. The van der Waals surface area contributed by atoms with E-state index in [4.69, 9.17) is 21.1 Å². The van der Waals surface area contributed by atoms with Gasteiger partial charge in [0.2, 0.25) is 0 Å². The van der Waals surface area contributed by atoms with Crippen molar-refractivity contribution in [1.82, 2.24) is 9.97 Å². The molecule has 1 aromatic rings. The van der Waals surface area contributed by atoms with Crippen LogP contribution in [-0.4, -0.2) is 35.8 Å². The van der Waals surface area contributed by atoms with Gasteiger partial charge in [0.25, 0.3) is 0 Å². The molecular weight excluding hydrogens is 256 g/mol. The first-order chi connectivity index (χ1) is 8.56. The number of nitrogens with zero attached hydrogens (tertiary/aromatic N) is 2. The Morgan fingerprint density at radius 1 is 1.44 bits per heavy atom. The highest BCUT2D eigenvalue weighted by Crippen LogP contribution is 2.17. The zero-order chi connectivity index (χ0) is 13.5. The van der Waals surface area contributed by atoms with E-state index in [9.17, 15) is 4.79 Å². The first kappa shape index (κ1) is 14.9. The highest BCUT2D eigenvalue weighted by atomic mass is 35.5. The van der Waals surface area contributed by atoms with Crippen molar-refractivity contribution >= 4 is 17.6 Å². The van der Waals surface area contributed by atoms with E-state index in [1.807, 2.05) is 20.8 Å². The molecular formula is C12H17ClN2O3. The minimum absolute atomic E-state index is 0.104. The largest absolute Gasteiger partial charge is 0.458 e. The Bertz CT molecular complexity index is 410. The zero-order valence-corrected chi connectivity index (χ0v) is 11.5. The number of carbonyl (C=O) groups is 1. The molecule has 0 unspecified atom stereocenters. The van der Waals surface area contributed by atoms with Crippen LogP contribution in [0.2, 0.25) is 5.02 Å². The van der Waals surface area contributed by atoms with Gasteiger partial charge in [-0.25, -0.2) is 14.8 Å². The molecule has 0 fully saturated rings. The number of aromatic nitrogens is 2. The summed E-state index contributed by atoms with van der Waals surface area (Å²) >= 11 is 5.88. The molecule has 100 valence electrons. The third kappa shape index (κ3) is 4.23. The summed E-state index contributed by atoms with van der Waals surface area (Å²) in [5, 5.41) is 0.195. The average molecular weight is 273 g/mol. The van der Waals surface area contributed by atoms with E-state index >= 15 is 0 Å². The van der Waals surface area contributed by atoms with E-state index in [1.54, 1.807) is 0 Å². The van der Waals surface area contributed by atoms with E-state index in [0.717, 1.165) is 0 Å². The first-order valence-electron chi connectivity index (χ1n) is 5.83. The fourth-order valence-corrected chi connectivity index (χ4v) is 1.38. The summed E-state index contributed by atoms with van der Waals surface area (Å²) in [5.74, 6) is 0.136.